The van der Waals surface area contributed by atoms with E-state index in [4.69, 9.17) is 4.98 Å². The average molecular weight is 553 g/mol. The number of nitrogens with zero attached hydrogens (tertiary/aromatic N) is 2. The number of fused-ring (bicyclic) bond motifs is 9. The second-order valence-electron chi connectivity index (χ2n) is 10.8. The molecule has 0 spiro atoms. The maximum atomic E-state index is 5.34. The van der Waals surface area contributed by atoms with Gasteiger partial charge in [-0.05, 0) is 46.2 Å². The summed E-state index contributed by atoms with van der Waals surface area (Å²) in [5, 5.41) is 7.52. The van der Waals surface area contributed by atoms with Crippen LogP contribution in [0.1, 0.15) is 0 Å². The number of benzene rings is 7. The van der Waals surface area contributed by atoms with E-state index in [1.807, 2.05) is 11.3 Å². The standard InChI is InChI=1S/C39H24N2S/c1-2-10-26(11-3-1)39-40-37-33-15-6-4-12-29(33)30-13-5-7-16-34(30)38(37)41(39)28-21-18-25(19-22-28)27-20-23-32-31-14-8-9-17-35(31)42-36(32)24-27/h1-24H. The first-order valence-electron chi connectivity index (χ1n) is 14.2. The Morgan fingerprint density at radius 1 is 0.429 bits per heavy atom. The van der Waals surface area contributed by atoms with Gasteiger partial charge in [0.1, 0.15) is 5.82 Å². The first-order chi connectivity index (χ1) is 20.8. The Kier molecular flexibility index (Phi) is 5.10. The second kappa shape index (κ2) is 9.13. The molecule has 0 unspecified atom stereocenters. The largest absolute Gasteiger partial charge is 0.292 e. The highest BCUT2D eigenvalue weighted by molar-refractivity contribution is 7.25. The zero-order chi connectivity index (χ0) is 27.6. The zero-order valence-corrected chi connectivity index (χ0v) is 23.5. The fourth-order valence-corrected chi connectivity index (χ4v) is 7.59. The molecule has 0 bridgehead atoms. The molecule has 2 heterocycles. The summed E-state index contributed by atoms with van der Waals surface area (Å²) in [6.45, 7) is 0. The van der Waals surface area contributed by atoms with Crippen LogP contribution in [0.4, 0.5) is 0 Å². The maximum Gasteiger partial charge on any atom is 0.145 e. The van der Waals surface area contributed by atoms with Gasteiger partial charge in [-0.15, -0.1) is 11.3 Å². The Balaban J connectivity index is 1.27. The van der Waals surface area contributed by atoms with E-state index >= 15 is 0 Å². The van der Waals surface area contributed by atoms with Crippen LogP contribution in [0.25, 0.3) is 81.0 Å². The molecule has 0 N–H and O–H groups in total. The van der Waals surface area contributed by atoms with Crippen LogP contribution in [0.15, 0.2) is 146 Å². The van der Waals surface area contributed by atoms with Crippen LogP contribution in [0.3, 0.4) is 0 Å². The van der Waals surface area contributed by atoms with Gasteiger partial charge in [0.2, 0.25) is 0 Å². The summed E-state index contributed by atoms with van der Waals surface area (Å²) >= 11 is 1.86. The van der Waals surface area contributed by atoms with E-state index in [1.165, 1.54) is 52.8 Å². The van der Waals surface area contributed by atoms with Crippen molar-refractivity contribution in [1.29, 1.82) is 0 Å². The molecular weight excluding hydrogens is 529 g/mol. The van der Waals surface area contributed by atoms with Gasteiger partial charge in [0.25, 0.3) is 0 Å². The van der Waals surface area contributed by atoms with Crippen molar-refractivity contribution < 1.29 is 0 Å². The molecule has 196 valence electrons. The summed E-state index contributed by atoms with van der Waals surface area (Å²) in [7, 11) is 0. The Morgan fingerprint density at radius 3 is 1.81 bits per heavy atom. The Bertz CT molecular complexity index is 2450. The van der Waals surface area contributed by atoms with E-state index in [0.29, 0.717) is 0 Å². The van der Waals surface area contributed by atoms with Crippen LogP contribution in [0.5, 0.6) is 0 Å². The molecule has 0 aliphatic heterocycles. The minimum absolute atomic E-state index is 0.951. The van der Waals surface area contributed by atoms with E-state index in [9.17, 15) is 0 Å². The summed E-state index contributed by atoms with van der Waals surface area (Å²) in [6.07, 6.45) is 0. The Labute approximate surface area is 246 Å². The first kappa shape index (κ1) is 23.5. The van der Waals surface area contributed by atoms with Gasteiger partial charge in [-0.3, -0.25) is 4.57 Å². The van der Waals surface area contributed by atoms with Crippen LogP contribution in [-0.4, -0.2) is 9.55 Å². The molecule has 2 aromatic heterocycles. The summed E-state index contributed by atoms with van der Waals surface area (Å²) in [4.78, 5) is 5.34. The van der Waals surface area contributed by atoms with Crippen molar-refractivity contribution in [1.82, 2.24) is 9.55 Å². The molecule has 9 aromatic rings. The molecule has 9 rings (SSSR count). The van der Waals surface area contributed by atoms with E-state index < -0.39 is 0 Å². The van der Waals surface area contributed by atoms with Gasteiger partial charge in [-0.1, -0.05) is 121 Å². The number of rotatable bonds is 3. The fraction of sp³-hybridized carbons (Fsp3) is 0. The molecule has 42 heavy (non-hydrogen) atoms. The van der Waals surface area contributed by atoms with Crippen molar-refractivity contribution in [2.45, 2.75) is 0 Å². The predicted octanol–water partition coefficient (Wildman–Crippen LogP) is 11.0. The molecule has 2 nitrogen and oxygen atoms in total. The lowest BCUT2D eigenvalue weighted by atomic mass is 9.99. The second-order valence-corrected chi connectivity index (χ2v) is 11.9. The molecule has 7 aromatic carbocycles. The van der Waals surface area contributed by atoms with E-state index in [-0.39, 0.29) is 0 Å². The monoisotopic (exact) mass is 552 g/mol. The van der Waals surface area contributed by atoms with Crippen molar-refractivity contribution >= 4 is 64.1 Å². The molecule has 0 atom stereocenters. The van der Waals surface area contributed by atoms with Gasteiger partial charge in [-0.2, -0.15) is 0 Å². The lowest BCUT2D eigenvalue weighted by Crippen LogP contribution is -1.98. The van der Waals surface area contributed by atoms with Crippen molar-refractivity contribution in [3.05, 3.63) is 146 Å². The summed E-state index contributed by atoms with van der Waals surface area (Å²) in [5.74, 6) is 0.951. The van der Waals surface area contributed by atoms with Gasteiger partial charge >= 0.3 is 0 Å². The lowest BCUT2D eigenvalue weighted by molar-refractivity contribution is 1.11. The van der Waals surface area contributed by atoms with Crippen LogP contribution in [0.2, 0.25) is 0 Å². The normalized spacial score (nSPS) is 11.8. The fourth-order valence-electron chi connectivity index (χ4n) is 6.45. The van der Waals surface area contributed by atoms with Crippen LogP contribution < -0.4 is 0 Å². The smallest absolute Gasteiger partial charge is 0.145 e. The van der Waals surface area contributed by atoms with Crippen LogP contribution >= 0.6 is 11.3 Å². The number of aromatic nitrogens is 2. The van der Waals surface area contributed by atoms with Crippen molar-refractivity contribution in [3.8, 4) is 28.2 Å². The van der Waals surface area contributed by atoms with Crippen LogP contribution in [-0.2, 0) is 0 Å². The van der Waals surface area contributed by atoms with Crippen LogP contribution in [0, 0.1) is 0 Å². The van der Waals surface area contributed by atoms with Gasteiger partial charge in [-0.25, -0.2) is 4.98 Å². The SMILES string of the molecule is c1ccc(-c2nc3c4ccccc4c4ccccc4c3n2-c2ccc(-c3ccc4c(c3)sc3ccccc34)cc2)cc1. The molecule has 0 saturated heterocycles. The van der Waals surface area contributed by atoms with Gasteiger partial charge in [0, 0.05) is 42.2 Å². The molecule has 3 heteroatoms. The third-order valence-electron chi connectivity index (χ3n) is 8.40. The highest BCUT2D eigenvalue weighted by Crippen LogP contribution is 2.40. The molecule has 0 fully saturated rings. The minimum atomic E-state index is 0.951. The molecule has 0 amide bonds. The van der Waals surface area contributed by atoms with E-state index in [0.717, 1.165) is 28.1 Å². The number of imidazole rings is 1. The lowest BCUT2D eigenvalue weighted by Gasteiger charge is -2.13. The highest BCUT2D eigenvalue weighted by Gasteiger charge is 2.20. The topological polar surface area (TPSA) is 17.8 Å². The zero-order valence-electron chi connectivity index (χ0n) is 22.7. The number of hydrogen-bond acceptors (Lipinski definition) is 2. The Hall–Kier alpha value is -5.25. The Morgan fingerprint density at radius 2 is 1.02 bits per heavy atom. The minimum Gasteiger partial charge on any atom is -0.292 e. The maximum absolute atomic E-state index is 5.34. The molecular formula is C39H24N2S. The molecule has 0 aliphatic rings. The van der Waals surface area contributed by atoms with E-state index in [2.05, 4.69) is 150 Å². The number of hydrogen-bond donors (Lipinski definition) is 0. The third-order valence-corrected chi connectivity index (χ3v) is 9.54. The quantitative estimate of drug-likeness (QED) is 0.199. The average Bonchev–Trinajstić information content (AvgIpc) is 3.65. The van der Waals surface area contributed by atoms with Gasteiger partial charge in [0.05, 0.1) is 11.0 Å². The molecule has 0 aliphatic carbocycles. The van der Waals surface area contributed by atoms with Crippen molar-refractivity contribution in [3.63, 3.8) is 0 Å². The molecule has 0 radical (unpaired) electrons. The molecule has 0 saturated carbocycles. The predicted molar refractivity (Wildman–Crippen MR) is 180 cm³/mol. The number of thiophene rings is 1. The summed E-state index contributed by atoms with van der Waals surface area (Å²) in [6, 6.07) is 52.3. The highest BCUT2D eigenvalue weighted by atomic mass is 32.1. The van der Waals surface area contributed by atoms with E-state index in [1.54, 1.807) is 0 Å². The van der Waals surface area contributed by atoms with Crippen molar-refractivity contribution in [2.75, 3.05) is 0 Å². The van der Waals surface area contributed by atoms with Gasteiger partial charge in [0.15, 0.2) is 0 Å². The van der Waals surface area contributed by atoms with Crippen molar-refractivity contribution in [2.24, 2.45) is 0 Å². The summed E-state index contributed by atoms with van der Waals surface area (Å²) in [5.41, 5.74) is 6.81. The first-order valence-corrected chi connectivity index (χ1v) is 15.0. The van der Waals surface area contributed by atoms with Gasteiger partial charge < -0.3 is 0 Å². The third kappa shape index (κ3) is 3.47. The summed E-state index contributed by atoms with van der Waals surface area (Å²) < 4.78 is 5.00.